The number of urea groups is 1. The number of carbonyl (C=O) groups is 2. The van der Waals surface area contributed by atoms with Crippen LogP contribution in [0.15, 0.2) is 0 Å². The number of hydrogen-bond donors (Lipinski definition) is 3. The predicted molar refractivity (Wildman–Crippen MR) is 96.0 cm³/mol. The fourth-order valence-corrected chi connectivity index (χ4v) is 2.64. The summed E-state index contributed by atoms with van der Waals surface area (Å²) in [6, 6.07) is -0.436. The van der Waals surface area contributed by atoms with Crippen LogP contribution in [-0.2, 0) is 4.79 Å². The second kappa shape index (κ2) is 9.33. The second-order valence-electron chi connectivity index (χ2n) is 7.48. The third-order valence-corrected chi connectivity index (χ3v) is 3.85. The fraction of sp³-hybridized carbons (Fsp3) is 0.875. The molecule has 1 unspecified atom stereocenters. The first-order valence-electron chi connectivity index (χ1n) is 8.18. The van der Waals surface area contributed by atoms with Gasteiger partial charge in [0.2, 0.25) is 5.91 Å². The number of amides is 3. The summed E-state index contributed by atoms with van der Waals surface area (Å²) in [6.07, 6.45) is 2.08. The number of hydrogen-bond acceptors (Lipinski definition) is 3. The fourth-order valence-electron chi connectivity index (χ4n) is 2.64. The van der Waals surface area contributed by atoms with E-state index in [1.165, 1.54) is 0 Å². The molecule has 0 aromatic heterocycles. The molecular formula is C16H33ClN4O2. The maximum Gasteiger partial charge on any atom is 0.315 e. The Kier molecular flexibility index (Phi) is 8.92. The van der Waals surface area contributed by atoms with E-state index in [9.17, 15) is 9.59 Å². The molecule has 23 heavy (non-hydrogen) atoms. The quantitative estimate of drug-likeness (QED) is 0.724. The molecule has 136 valence electrons. The highest BCUT2D eigenvalue weighted by molar-refractivity contribution is 5.87. The van der Waals surface area contributed by atoms with Crippen molar-refractivity contribution in [3.05, 3.63) is 0 Å². The number of carbonyl (C=O) groups excluding carboxylic acids is 2. The molecule has 1 heterocycles. The van der Waals surface area contributed by atoms with E-state index >= 15 is 0 Å². The molecule has 0 aliphatic carbocycles. The molecule has 2 atom stereocenters. The molecule has 0 aromatic rings. The topological polar surface area (TPSA) is 73.5 Å². The zero-order valence-corrected chi connectivity index (χ0v) is 16.0. The van der Waals surface area contributed by atoms with Gasteiger partial charge in [-0.2, -0.15) is 0 Å². The maximum absolute atomic E-state index is 12.8. The molecule has 7 heteroatoms. The molecule has 1 fully saturated rings. The molecule has 0 bridgehead atoms. The van der Waals surface area contributed by atoms with Crippen molar-refractivity contribution in [2.75, 3.05) is 20.1 Å². The minimum Gasteiger partial charge on any atom is -0.339 e. The minimum absolute atomic E-state index is 0. The summed E-state index contributed by atoms with van der Waals surface area (Å²) >= 11 is 0. The van der Waals surface area contributed by atoms with E-state index < -0.39 is 6.04 Å². The van der Waals surface area contributed by atoms with Crippen LogP contribution in [0.3, 0.4) is 0 Å². The first-order chi connectivity index (χ1) is 10.1. The lowest BCUT2D eigenvalue weighted by Crippen LogP contribution is -2.58. The van der Waals surface area contributed by atoms with E-state index in [1.807, 2.05) is 46.6 Å². The maximum atomic E-state index is 12.8. The highest BCUT2D eigenvalue weighted by Crippen LogP contribution is 2.14. The van der Waals surface area contributed by atoms with E-state index in [4.69, 9.17) is 0 Å². The molecule has 3 amide bonds. The van der Waals surface area contributed by atoms with Crippen molar-refractivity contribution in [3.8, 4) is 0 Å². The van der Waals surface area contributed by atoms with Gasteiger partial charge < -0.3 is 20.9 Å². The SMILES string of the molecule is CNC1CCCN(C(=O)[C@@H](NC(=O)NC(C)(C)C)C(C)C)C1.Cl. The van der Waals surface area contributed by atoms with E-state index in [-0.39, 0.29) is 35.8 Å². The average molecular weight is 349 g/mol. The molecule has 1 rings (SSSR count). The predicted octanol–water partition coefficient (Wildman–Crippen LogP) is 1.74. The summed E-state index contributed by atoms with van der Waals surface area (Å²) < 4.78 is 0. The van der Waals surface area contributed by atoms with Gasteiger partial charge in [-0.15, -0.1) is 12.4 Å². The van der Waals surface area contributed by atoms with Crippen molar-refractivity contribution in [1.82, 2.24) is 20.9 Å². The van der Waals surface area contributed by atoms with Crippen LogP contribution < -0.4 is 16.0 Å². The van der Waals surface area contributed by atoms with Gasteiger partial charge in [0.25, 0.3) is 0 Å². The Morgan fingerprint density at radius 3 is 2.30 bits per heavy atom. The molecule has 6 nitrogen and oxygen atoms in total. The second-order valence-corrected chi connectivity index (χ2v) is 7.48. The van der Waals surface area contributed by atoms with Crippen LogP contribution in [-0.4, -0.2) is 54.6 Å². The van der Waals surface area contributed by atoms with Crippen LogP contribution in [0.1, 0.15) is 47.5 Å². The van der Waals surface area contributed by atoms with Gasteiger partial charge in [0.1, 0.15) is 6.04 Å². The molecule has 0 aromatic carbocycles. The number of likely N-dealkylation sites (N-methyl/N-ethyl adjacent to an activating group) is 1. The lowest BCUT2D eigenvalue weighted by molar-refractivity contribution is -0.135. The molecular weight excluding hydrogens is 316 g/mol. The zero-order chi connectivity index (χ0) is 16.9. The first-order valence-corrected chi connectivity index (χ1v) is 8.18. The van der Waals surface area contributed by atoms with Crippen molar-refractivity contribution in [1.29, 1.82) is 0 Å². The first kappa shape index (κ1) is 22.0. The molecule has 1 aliphatic heterocycles. The summed E-state index contributed by atoms with van der Waals surface area (Å²) in [5, 5.41) is 8.93. The number of likely N-dealkylation sites (tertiary alicyclic amines) is 1. The van der Waals surface area contributed by atoms with Crippen LogP contribution in [0.25, 0.3) is 0 Å². The highest BCUT2D eigenvalue weighted by atomic mass is 35.5. The van der Waals surface area contributed by atoms with Crippen molar-refractivity contribution < 1.29 is 9.59 Å². The van der Waals surface area contributed by atoms with Crippen molar-refractivity contribution in [3.63, 3.8) is 0 Å². The van der Waals surface area contributed by atoms with Gasteiger partial charge in [-0.05, 0) is 46.6 Å². The number of rotatable bonds is 4. The van der Waals surface area contributed by atoms with Crippen LogP contribution in [0, 0.1) is 5.92 Å². The Balaban J connectivity index is 0.00000484. The van der Waals surface area contributed by atoms with E-state index in [2.05, 4.69) is 16.0 Å². The summed E-state index contributed by atoms with van der Waals surface area (Å²) in [5.41, 5.74) is -0.322. The highest BCUT2D eigenvalue weighted by Gasteiger charge is 2.31. The van der Waals surface area contributed by atoms with Gasteiger partial charge in [-0.25, -0.2) is 4.79 Å². The zero-order valence-electron chi connectivity index (χ0n) is 15.2. The molecule has 3 N–H and O–H groups in total. The standard InChI is InChI=1S/C16H32N4O2.ClH/c1-11(2)13(18-15(22)19-16(3,4)5)14(21)20-9-7-8-12(10-20)17-6;/h11-13,17H,7-10H2,1-6H3,(H2,18,19,22);1H/t12?,13-;/m0./s1. The van der Waals surface area contributed by atoms with Gasteiger partial charge in [-0.3, -0.25) is 4.79 Å². The monoisotopic (exact) mass is 348 g/mol. The molecule has 1 aliphatic rings. The van der Waals surface area contributed by atoms with Gasteiger partial charge in [0.15, 0.2) is 0 Å². The minimum atomic E-state index is -0.488. The summed E-state index contributed by atoms with van der Waals surface area (Å²) in [6.45, 7) is 11.1. The summed E-state index contributed by atoms with van der Waals surface area (Å²) in [5.74, 6) is 0.0622. The van der Waals surface area contributed by atoms with E-state index in [0.29, 0.717) is 12.6 Å². The average Bonchev–Trinajstić information content (AvgIpc) is 2.42. The largest absolute Gasteiger partial charge is 0.339 e. The van der Waals surface area contributed by atoms with Crippen LogP contribution >= 0.6 is 12.4 Å². The number of piperidine rings is 1. The number of halogens is 1. The Morgan fingerprint density at radius 1 is 1.22 bits per heavy atom. The number of nitrogens with one attached hydrogen (secondary N) is 3. The van der Waals surface area contributed by atoms with Crippen LogP contribution in [0.4, 0.5) is 4.79 Å². The summed E-state index contributed by atoms with van der Waals surface area (Å²) in [7, 11) is 1.92. The third-order valence-electron chi connectivity index (χ3n) is 3.85. The lowest BCUT2D eigenvalue weighted by Gasteiger charge is -2.36. The molecule has 0 saturated carbocycles. The van der Waals surface area contributed by atoms with E-state index in [0.717, 1.165) is 19.4 Å². The lowest BCUT2D eigenvalue weighted by atomic mass is 9.99. The van der Waals surface area contributed by atoms with Gasteiger partial charge in [-0.1, -0.05) is 13.8 Å². The Labute approximate surface area is 146 Å². The van der Waals surface area contributed by atoms with Crippen LogP contribution in [0.2, 0.25) is 0 Å². The molecule has 0 radical (unpaired) electrons. The van der Waals surface area contributed by atoms with Gasteiger partial charge in [0, 0.05) is 24.7 Å². The normalized spacial score (nSPS) is 19.8. The Morgan fingerprint density at radius 2 is 1.83 bits per heavy atom. The third kappa shape index (κ3) is 7.40. The van der Waals surface area contributed by atoms with E-state index in [1.54, 1.807) is 0 Å². The van der Waals surface area contributed by atoms with Gasteiger partial charge in [0.05, 0.1) is 0 Å². The summed E-state index contributed by atoms with van der Waals surface area (Å²) in [4.78, 5) is 26.7. The smallest absolute Gasteiger partial charge is 0.315 e. The Hall–Kier alpha value is -1.01. The molecule has 0 spiro atoms. The number of nitrogens with zero attached hydrogens (tertiary/aromatic N) is 1. The van der Waals surface area contributed by atoms with Crippen molar-refractivity contribution in [2.45, 2.75) is 65.1 Å². The van der Waals surface area contributed by atoms with Crippen molar-refractivity contribution >= 4 is 24.3 Å². The van der Waals surface area contributed by atoms with Gasteiger partial charge >= 0.3 is 6.03 Å². The van der Waals surface area contributed by atoms with Crippen LogP contribution in [0.5, 0.6) is 0 Å². The van der Waals surface area contributed by atoms with Crippen molar-refractivity contribution in [2.24, 2.45) is 5.92 Å². The Bertz CT molecular complexity index is 396. The molecule has 1 saturated heterocycles.